The predicted molar refractivity (Wildman–Crippen MR) is 300 cm³/mol. The minimum absolute atomic E-state index is 0.00722. The highest BCUT2D eigenvalue weighted by atomic mass is 35.8. The van der Waals surface area contributed by atoms with Crippen molar-refractivity contribution in [3.8, 4) is 0 Å². The van der Waals surface area contributed by atoms with Crippen LogP contribution >= 0.6 is 53.1 Å². The maximum absolute atomic E-state index is 11.0. The van der Waals surface area contributed by atoms with Crippen LogP contribution in [0.5, 0.6) is 0 Å². The van der Waals surface area contributed by atoms with Gasteiger partial charge in [-0.25, -0.2) is 30.1 Å². The Morgan fingerprint density at radius 3 is 1.08 bits per heavy atom. The molecule has 1 heterocycles. The highest BCUT2D eigenvalue weighted by Crippen LogP contribution is 2.12. The van der Waals surface area contributed by atoms with Gasteiger partial charge in [-0.05, 0) is 89.1 Å². The number of methoxy groups -OCH3 is 2. The number of nitrogens with zero attached hydrogens (tertiary/aromatic N) is 1. The SMILES string of the molecule is CC(=O)Cl.CC(=O)Nc1cccc(C(C)=O)c1.CC(=O)Nc1cccc(C(C)=O)c1.CC(=O)c1ccccc1.[2H]C(OC)(OC)N(C)C.[2H]O[2H].[2H]c1c([2H])c([2H])c([2H])c([2H])c1[2H].[2H]c1sc(C(C)=O)c([2H])c1[2H].[Cl][Al]([Cl])[Cl].c1ccccc1. The van der Waals surface area contributed by atoms with Gasteiger partial charge in [0, 0.05) is 63.1 Å². The van der Waals surface area contributed by atoms with Crippen LogP contribution in [0.1, 0.15) is 103 Å². The van der Waals surface area contributed by atoms with Gasteiger partial charge in [0.15, 0.2) is 23.1 Å². The molecule has 0 aliphatic heterocycles. The first-order valence-electron chi connectivity index (χ1n) is 26.1. The lowest BCUT2D eigenvalue weighted by Gasteiger charge is -2.19. The fourth-order valence-electron chi connectivity index (χ4n) is 4.08. The molecule has 0 fully saturated rings. The number of halogens is 4. The molecule has 0 spiro atoms. The van der Waals surface area contributed by atoms with Crippen molar-refractivity contribution in [3.63, 3.8) is 0 Å². The molecule has 0 bridgehead atoms. The molecule has 0 saturated carbocycles. The van der Waals surface area contributed by atoms with E-state index in [4.69, 9.17) is 56.2 Å². The average Bonchev–Trinajstić information content (AvgIpc) is 3.88. The van der Waals surface area contributed by atoms with Crippen LogP contribution in [-0.2, 0) is 23.9 Å². The molecular formula is C53H66AlCl4N3O10S. The van der Waals surface area contributed by atoms with Gasteiger partial charge < -0.3 is 25.6 Å². The summed E-state index contributed by atoms with van der Waals surface area (Å²) in [6.07, 6.45) is -1.33. The normalized spacial score (nSPS) is 11.2. The zero-order valence-electron chi connectivity index (χ0n) is 53.5. The molecule has 0 unspecified atom stereocenters. The lowest BCUT2D eigenvalue weighted by atomic mass is 10.1. The Bertz CT molecular complexity index is 2750. The molecule has 0 saturated heterocycles. The second-order valence-electron chi connectivity index (χ2n) is 13.1. The second-order valence-corrected chi connectivity index (χ2v) is 20.9. The summed E-state index contributed by atoms with van der Waals surface area (Å²) in [7, 11) is 21.1. The highest BCUT2D eigenvalue weighted by molar-refractivity contribution is 7.54. The van der Waals surface area contributed by atoms with Gasteiger partial charge in [-0.2, -0.15) is 0 Å². The van der Waals surface area contributed by atoms with Gasteiger partial charge in [-0.1, -0.05) is 133 Å². The van der Waals surface area contributed by atoms with E-state index in [1.807, 2.05) is 66.7 Å². The number of ketones is 4. The lowest BCUT2D eigenvalue weighted by molar-refractivity contribution is -0.179. The summed E-state index contributed by atoms with van der Waals surface area (Å²) in [5.74, 6) is -0.414. The molecule has 0 aliphatic carbocycles. The van der Waals surface area contributed by atoms with E-state index in [0.717, 1.165) is 16.9 Å². The summed E-state index contributed by atoms with van der Waals surface area (Å²) in [6.45, 7) is 10.0. The van der Waals surface area contributed by atoms with Crippen molar-refractivity contribution < 1.29 is 62.2 Å². The average molecular weight is 1120 g/mol. The van der Waals surface area contributed by atoms with Crippen molar-refractivity contribution in [2.24, 2.45) is 0 Å². The number of carbonyl (C=O) groups is 7. The smallest absolute Gasteiger partial charge is 0.412 e. The number of amides is 2. The minimum Gasteiger partial charge on any atom is -0.412 e. The van der Waals surface area contributed by atoms with Crippen LogP contribution in [0.2, 0.25) is 0 Å². The van der Waals surface area contributed by atoms with E-state index in [-0.39, 0.29) is 62.5 Å². The first-order chi connectivity index (χ1) is 38.9. The Morgan fingerprint density at radius 1 is 0.583 bits per heavy atom. The molecule has 0 radical (unpaired) electrons. The highest BCUT2D eigenvalue weighted by Gasteiger charge is 2.05. The van der Waals surface area contributed by atoms with E-state index in [2.05, 4.69) is 27.7 Å². The quantitative estimate of drug-likeness (QED) is 0.0608. The van der Waals surface area contributed by atoms with Crippen molar-refractivity contribution in [3.05, 3.63) is 191 Å². The second kappa shape index (κ2) is 47.9. The summed E-state index contributed by atoms with van der Waals surface area (Å²) in [5, 5.41) is 4.84. The Morgan fingerprint density at radius 2 is 0.889 bits per heavy atom. The van der Waals surface area contributed by atoms with Crippen molar-refractivity contribution >= 4 is 116 Å². The Hall–Kier alpha value is -5.38. The van der Waals surface area contributed by atoms with E-state index in [1.54, 1.807) is 69.6 Å². The fourth-order valence-corrected chi connectivity index (χ4v) is 4.53. The number of carbonyl (C=O) groups excluding carboxylic acids is 7. The standard InChI is InChI=1S/2C10H11NO2.C8H8O.C6H6OS.2C6H6.C5H13NO2.C2H3ClO.Al.3ClH.H2O/c2*1-7(12)9-4-3-5-10(6-9)11-8(2)13;1-7(9)8-5-3-2-4-6-8;1-5(7)6-3-2-4-8-6;2*1-2-4-6-5-3-1;1-6(2)5(7-3)8-4;1-2(3)4;;;;;/h2*3-6H,1-2H3,(H,11,13);2-6H,1H3;2-4H,1H3;2*1-6H;5H,1-4H3;1H3;;3*1H;1H2/q;;;;;;;;+3;;;;/p-3/i;;;2D,3D,4D;1D,2D,3D,4D,5D,6D;;5D;;;;;;/hD2. The van der Waals surface area contributed by atoms with Gasteiger partial charge in [-0.15, -0.1) is 11.3 Å². The zero-order chi connectivity index (χ0) is 66.0. The summed E-state index contributed by atoms with van der Waals surface area (Å²) >= 11 is 3.80. The van der Waals surface area contributed by atoms with Crippen molar-refractivity contribution in [1.29, 1.82) is 2.86 Å². The molecule has 0 aliphatic rings. The van der Waals surface area contributed by atoms with Gasteiger partial charge in [0.1, 0.15) is 1.37 Å². The van der Waals surface area contributed by atoms with Crippen LogP contribution in [0.15, 0.2) is 169 Å². The van der Waals surface area contributed by atoms with Gasteiger partial charge in [0.05, 0.1) is 17.2 Å². The van der Waals surface area contributed by atoms with Gasteiger partial charge in [-0.3, -0.25) is 38.5 Å². The van der Waals surface area contributed by atoms with Gasteiger partial charge >= 0.3 is 11.4 Å². The van der Waals surface area contributed by atoms with Gasteiger partial charge in [0.25, 0.3) is 0 Å². The van der Waals surface area contributed by atoms with Crippen LogP contribution in [0, 0.1) is 0 Å². The molecule has 0 atom stereocenters. The van der Waals surface area contributed by atoms with Crippen LogP contribution in [0.4, 0.5) is 11.4 Å². The lowest BCUT2D eigenvalue weighted by Crippen LogP contribution is -2.30. The molecule has 390 valence electrons. The number of rotatable bonds is 9. The van der Waals surface area contributed by atoms with Crippen molar-refractivity contribution in [2.75, 3.05) is 38.9 Å². The van der Waals surface area contributed by atoms with Crippen LogP contribution in [0.25, 0.3) is 0 Å². The Kier molecular flexibility index (Phi) is 34.3. The number of anilines is 2. The number of Topliss-reactive ketones (excluding diaryl/α,β-unsaturated/α-hetero) is 4. The maximum atomic E-state index is 11.0. The summed E-state index contributed by atoms with van der Waals surface area (Å²) in [4.78, 5) is 75.7. The number of benzene rings is 5. The molecule has 2 amide bonds. The third-order valence-electron chi connectivity index (χ3n) is 6.82. The predicted octanol–water partition coefficient (Wildman–Crippen LogP) is 12.7. The number of ether oxygens (including phenoxy) is 2. The minimum atomic E-state index is -1.72. The molecule has 19 heteroatoms. The summed E-state index contributed by atoms with van der Waals surface area (Å²) in [6, 6.07) is 31.9. The molecule has 6 aromatic rings. The van der Waals surface area contributed by atoms with Gasteiger partial charge in [0.2, 0.25) is 26.3 Å². The fraction of sp³-hybridized carbons (Fsp3) is 0.226. The molecule has 72 heavy (non-hydrogen) atoms. The molecule has 6 rings (SSSR count). The van der Waals surface area contributed by atoms with E-state index in [0.29, 0.717) is 22.5 Å². The van der Waals surface area contributed by atoms with Crippen molar-refractivity contribution in [2.45, 2.75) is 54.9 Å². The number of thiophene rings is 1. The number of nitrogens with one attached hydrogen (secondary N) is 2. The first kappa shape index (κ1) is 51.5. The molecular weight excluding hydrogens is 1040 g/mol. The van der Waals surface area contributed by atoms with E-state index >= 15 is 0 Å². The third-order valence-corrected chi connectivity index (χ3v) is 7.61. The third kappa shape index (κ3) is 48.3. The van der Waals surface area contributed by atoms with Crippen LogP contribution < -0.4 is 10.6 Å². The van der Waals surface area contributed by atoms with Crippen molar-refractivity contribution in [1.82, 2.24) is 4.90 Å². The Labute approximate surface area is 468 Å². The summed E-state index contributed by atoms with van der Waals surface area (Å²) < 4.78 is 91.8. The number of hydrogen-bond donors (Lipinski definition) is 2. The topological polar surface area (TPSA) is 197 Å². The van der Waals surface area contributed by atoms with E-state index in [1.165, 1.54) is 60.7 Å². The molecule has 4 N–H and O–H groups in total. The number of hydrogen-bond acceptors (Lipinski definition) is 11. The summed E-state index contributed by atoms with van der Waals surface area (Å²) in [5.41, 5.74) is 6.04. The van der Waals surface area contributed by atoms with E-state index in [9.17, 15) is 33.6 Å². The maximum Gasteiger partial charge on any atom is 0.643 e. The van der Waals surface area contributed by atoms with Crippen LogP contribution in [0.3, 0.4) is 0 Å². The molecule has 1 aromatic heterocycles. The first-order valence-corrected chi connectivity index (χ1v) is 26.8. The molecule has 13 nitrogen and oxygen atoms in total. The molecule has 5 aromatic carbocycles. The largest absolute Gasteiger partial charge is 0.643 e. The zero-order valence-corrected chi connectivity index (χ0v) is 46.5. The Balaban J connectivity index is -0.000000435. The van der Waals surface area contributed by atoms with E-state index < -0.39 is 54.0 Å². The monoisotopic (exact) mass is 1120 g/mol. The van der Waals surface area contributed by atoms with Crippen LogP contribution in [-0.4, -0.2) is 99.5 Å².